The maximum atomic E-state index is 4.52. The molecule has 0 aliphatic carbocycles. The zero-order valence-electron chi connectivity index (χ0n) is 8.59. The van der Waals surface area contributed by atoms with Crippen LogP contribution in [0.25, 0.3) is 0 Å². The number of pyridine rings is 1. The van der Waals surface area contributed by atoms with E-state index in [0.29, 0.717) is 0 Å². The quantitative estimate of drug-likeness (QED) is 0.677. The summed E-state index contributed by atoms with van der Waals surface area (Å²) in [5.74, 6) is 0. The highest BCUT2D eigenvalue weighted by Crippen LogP contribution is 2.12. The van der Waals surface area contributed by atoms with Crippen molar-refractivity contribution in [3.05, 3.63) is 60.4 Å². The number of hydrogen-bond donors (Lipinski definition) is 0. The summed E-state index contributed by atoms with van der Waals surface area (Å²) in [7, 11) is 0. The number of aliphatic imine (C=N–C) groups is 1. The highest BCUT2D eigenvalue weighted by Gasteiger charge is 1.95. The molecule has 0 N–H and O–H groups in total. The van der Waals surface area contributed by atoms with Crippen LogP contribution in [-0.4, -0.2) is 10.7 Å². The Bertz CT molecular complexity index is 446. The van der Waals surface area contributed by atoms with Crippen LogP contribution in [0, 0.1) is 0 Å². The fourth-order valence-electron chi connectivity index (χ4n) is 1.35. The summed E-state index contributed by atoms with van der Waals surface area (Å²) >= 11 is 0. The van der Waals surface area contributed by atoms with E-state index in [2.05, 4.69) is 9.98 Å². The van der Waals surface area contributed by atoms with Crippen LogP contribution in [0.15, 0.2) is 59.9 Å². The Morgan fingerprint density at radius 1 is 1.00 bits per heavy atom. The number of aromatic nitrogens is 1. The lowest BCUT2D eigenvalue weighted by Gasteiger charge is -1.99. The Morgan fingerprint density at radius 2 is 1.67 bits per heavy atom. The minimum Gasteiger partial charge on any atom is -0.265 e. The summed E-state index contributed by atoms with van der Waals surface area (Å²) in [6.07, 6.45) is 3.55. The van der Waals surface area contributed by atoms with Gasteiger partial charge in [0.1, 0.15) is 0 Å². The van der Waals surface area contributed by atoms with Crippen LogP contribution in [0.4, 0.5) is 5.69 Å². The molecule has 1 heterocycles. The van der Waals surface area contributed by atoms with Crippen molar-refractivity contribution in [3.8, 4) is 0 Å². The first-order chi connectivity index (χ1) is 7.36. The predicted octanol–water partition coefficient (Wildman–Crippen LogP) is 3.22. The van der Waals surface area contributed by atoms with Gasteiger partial charge in [-0.1, -0.05) is 18.2 Å². The van der Waals surface area contributed by atoms with Crippen molar-refractivity contribution in [2.24, 2.45) is 4.99 Å². The third kappa shape index (κ3) is 2.50. The topological polar surface area (TPSA) is 25.2 Å². The van der Waals surface area contributed by atoms with Crippen molar-refractivity contribution in [2.75, 3.05) is 0 Å². The van der Waals surface area contributed by atoms with E-state index in [-0.39, 0.29) is 0 Å². The predicted molar refractivity (Wildman–Crippen MR) is 62.6 cm³/mol. The first kappa shape index (κ1) is 9.59. The molecule has 2 aromatic rings. The maximum absolute atomic E-state index is 4.52. The molecule has 0 saturated heterocycles. The van der Waals surface area contributed by atoms with Gasteiger partial charge in [0.2, 0.25) is 0 Å². The summed E-state index contributed by atoms with van der Waals surface area (Å²) in [4.78, 5) is 8.50. The van der Waals surface area contributed by atoms with Crippen LogP contribution < -0.4 is 0 Å². The minimum absolute atomic E-state index is 0.979. The Morgan fingerprint density at radius 3 is 2.33 bits per heavy atom. The molecule has 2 rings (SSSR count). The Labute approximate surface area is 89.3 Å². The average Bonchev–Trinajstić information content (AvgIpc) is 2.31. The molecule has 1 aromatic heterocycles. The standard InChI is InChI=1S/C13H12N2/c1-11(12-7-9-14-10-8-12)15-13-5-3-2-4-6-13/h2-10H,1H3. The van der Waals surface area contributed by atoms with Crippen LogP contribution in [0.5, 0.6) is 0 Å². The molecule has 2 heteroatoms. The number of nitrogens with zero attached hydrogens (tertiary/aromatic N) is 2. The number of hydrogen-bond acceptors (Lipinski definition) is 2. The number of para-hydroxylation sites is 1. The van der Waals surface area contributed by atoms with Crippen molar-refractivity contribution in [1.29, 1.82) is 0 Å². The Hall–Kier alpha value is -1.96. The van der Waals surface area contributed by atoms with Crippen LogP contribution in [-0.2, 0) is 0 Å². The number of rotatable bonds is 2. The van der Waals surface area contributed by atoms with Gasteiger partial charge in [0.25, 0.3) is 0 Å². The van der Waals surface area contributed by atoms with Gasteiger partial charge in [0.15, 0.2) is 0 Å². The molecule has 0 unspecified atom stereocenters. The second-order valence-electron chi connectivity index (χ2n) is 3.27. The summed E-state index contributed by atoms with van der Waals surface area (Å²) < 4.78 is 0. The van der Waals surface area contributed by atoms with Crippen molar-refractivity contribution >= 4 is 11.4 Å². The zero-order chi connectivity index (χ0) is 10.5. The van der Waals surface area contributed by atoms with Gasteiger partial charge in [-0.15, -0.1) is 0 Å². The monoisotopic (exact) mass is 196 g/mol. The van der Waals surface area contributed by atoms with Crippen molar-refractivity contribution in [2.45, 2.75) is 6.92 Å². The van der Waals surface area contributed by atoms with Gasteiger partial charge >= 0.3 is 0 Å². The van der Waals surface area contributed by atoms with E-state index in [9.17, 15) is 0 Å². The highest BCUT2D eigenvalue weighted by atomic mass is 14.7. The van der Waals surface area contributed by atoms with Crippen LogP contribution in [0.2, 0.25) is 0 Å². The molecule has 1 aromatic carbocycles. The minimum atomic E-state index is 0.979. The zero-order valence-corrected chi connectivity index (χ0v) is 8.59. The van der Waals surface area contributed by atoms with Crippen LogP contribution in [0.3, 0.4) is 0 Å². The number of benzene rings is 1. The molecule has 0 fully saturated rings. The molecule has 0 spiro atoms. The largest absolute Gasteiger partial charge is 0.265 e. The van der Waals surface area contributed by atoms with Gasteiger partial charge < -0.3 is 0 Å². The summed E-state index contributed by atoms with van der Waals surface area (Å²) in [5.41, 5.74) is 3.09. The third-order valence-electron chi connectivity index (χ3n) is 2.15. The van der Waals surface area contributed by atoms with E-state index < -0.39 is 0 Å². The SMILES string of the molecule is CC(=Nc1ccccc1)c1ccncc1. The van der Waals surface area contributed by atoms with Crippen molar-refractivity contribution in [3.63, 3.8) is 0 Å². The van der Waals surface area contributed by atoms with Crippen molar-refractivity contribution < 1.29 is 0 Å². The lowest BCUT2D eigenvalue weighted by molar-refractivity contribution is 1.32. The molecular formula is C13H12N2. The molecule has 0 saturated carbocycles. The smallest absolute Gasteiger partial charge is 0.0633 e. The molecule has 0 bridgehead atoms. The van der Waals surface area contributed by atoms with Gasteiger partial charge in [-0.25, -0.2) is 0 Å². The molecule has 0 radical (unpaired) electrons. The summed E-state index contributed by atoms with van der Waals surface area (Å²) in [6, 6.07) is 13.9. The van der Waals surface area contributed by atoms with Gasteiger partial charge in [-0.3, -0.25) is 9.98 Å². The van der Waals surface area contributed by atoms with Gasteiger partial charge in [0.05, 0.1) is 5.69 Å². The van der Waals surface area contributed by atoms with E-state index in [1.807, 2.05) is 49.4 Å². The highest BCUT2D eigenvalue weighted by molar-refractivity contribution is 6.00. The Balaban J connectivity index is 2.29. The molecule has 74 valence electrons. The summed E-state index contributed by atoms with van der Waals surface area (Å²) in [6.45, 7) is 2.00. The van der Waals surface area contributed by atoms with E-state index in [0.717, 1.165) is 17.0 Å². The van der Waals surface area contributed by atoms with E-state index >= 15 is 0 Å². The van der Waals surface area contributed by atoms with Gasteiger partial charge in [0, 0.05) is 18.1 Å². The van der Waals surface area contributed by atoms with E-state index in [1.54, 1.807) is 12.4 Å². The second kappa shape index (κ2) is 4.51. The molecule has 0 aliphatic rings. The molecule has 15 heavy (non-hydrogen) atoms. The second-order valence-corrected chi connectivity index (χ2v) is 3.27. The van der Waals surface area contributed by atoms with Crippen LogP contribution in [0.1, 0.15) is 12.5 Å². The molecule has 0 atom stereocenters. The first-order valence-corrected chi connectivity index (χ1v) is 4.87. The third-order valence-corrected chi connectivity index (χ3v) is 2.15. The molecule has 0 amide bonds. The molecule has 0 aliphatic heterocycles. The van der Waals surface area contributed by atoms with Gasteiger partial charge in [-0.2, -0.15) is 0 Å². The maximum Gasteiger partial charge on any atom is 0.0633 e. The Kier molecular flexibility index (Phi) is 2.88. The normalized spacial score (nSPS) is 11.4. The van der Waals surface area contributed by atoms with Gasteiger partial charge in [-0.05, 0) is 36.8 Å². The fourth-order valence-corrected chi connectivity index (χ4v) is 1.35. The van der Waals surface area contributed by atoms with Crippen LogP contribution >= 0.6 is 0 Å². The average molecular weight is 196 g/mol. The van der Waals surface area contributed by atoms with Crippen molar-refractivity contribution in [1.82, 2.24) is 4.98 Å². The molecule has 2 nitrogen and oxygen atoms in total. The summed E-state index contributed by atoms with van der Waals surface area (Å²) in [5, 5.41) is 0. The first-order valence-electron chi connectivity index (χ1n) is 4.87. The lowest BCUT2D eigenvalue weighted by atomic mass is 10.2. The van der Waals surface area contributed by atoms with E-state index in [1.165, 1.54) is 0 Å². The molecular weight excluding hydrogens is 184 g/mol. The lowest BCUT2D eigenvalue weighted by Crippen LogP contribution is -1.93. The van der Waals surface area contributed by atoms with E-state index in [4.69, 9.17) is 0 Å². The fraction of sp³-hybridized carbons (Fsp3) is 0.0769.